The predicted molar refractivity (Wildman–Crippen MR) is 123 cm³/mol. The number of aromatic nitrogens is 6. The van der Waals surface area contributed by atoms with Crippen molar-refractivity contribution in [1.82, 2.24) is 34.7 Å². The first-order chi connectivity index (χ1) is 15.6. The van der Waals surface area contributed by atoms with Crippen molar-refractivity contribution in [1.29, 1.82) is 0 Å². The first kappa shape index (κ1) is 22.8. The quantitative estimate of drug-likeness (QED) is 0.599. The molecule has 2 N–H and O–H groups in total. The maximum Gasteiger partial charge on any atom is 0.410 e. The molecule has 1 aliphatic heterocycles. The van der Waals surface area contributed by atoms with Crippen LogP contribution in [0.25, 0.3) is 16.9 Å². The second kappa shape index (κ2) is 8.87. The van der Waals surface area contributed by atoms with Crippen molar-refractivity contribution in [3.8, 4) is 17.1 Å². The number of nitrogens with zero attached hydrogens (tertiary/aromatic N) is 6. The molecule has 0 radical (unpaired) electrons. The van der Waals surface area contributed by atoms with Crippen LogP contribution < -0.4 is 10.1 Å². The Hall–Kier alpha value is -3.37. The van der Waals surface area contributed by atoms with Gasteiger partial charge in [0, 0.05) is 30.9 Å². The van der Waals surface area contributed by atoms with Crippen LogP contribution in [-0.4, -0.2) is 71.6 Å². The van der Waals surface area contributed by atoms with Crippen molar-refractivity contribution in [2.24, 2.45) is 5.92 Å². The molecule has 1 saturated heterocycles. The van der Waals surface area contributed by atoms with E-state index in [4.69, 9.17) is 9.47 Å². The Morgan fingerprint density at radius 2 is 2.09 bits per heavy atom. The number of nitrogens with one attached hydrogen (secondary N) is 2. The van der Waals surface area contributed by atoms with Crippen LogP contribution in [0.2, 0.25) is 0 Å². The van der Waals surface area contributed by atoms with Gasteiger partial charge in [-0.2, -0.15) is 14.6 Å². The van der Waals surface area contributed by atoms with Crippen LogP contribution in [0.5, 0.6) is 5.88 Å². The third-order valence-electron chi connectivity index (χ3n) is 5.33. The number of piperidine rings is 1. The second-order valence-electron chi connectivity index (χ2n) is 9.71. The summed E-state index contributed by atoms with van der Waals surface area (Å²) in [6.45, 7) is 12.9. The highest BCUT2D eigenvalue weighted by Gasteiger charge is 2.32. The van der Waals surface area contributed by atoms with Crippen LogP contribution in [0.3, 0.4) is 0 Å². The topological polar surface area (TPSA) is 123 Å². The molecule has 0 bridgehead atoms. The van der Waals surface area contributed by atoms with Gasteiger partial charge in [0.05, 0.1) is 18.5 Å². The molecule has 4 rings (SSSR count). The molecule has 1 amide bonds. The molecule has 2 unspecified atom stereocenters. The zero-order valence-electron chi connectivity index (χ0n) is 20.0. The third kappa shape index (κ3) is 5.18. The van der Waals surface area contributed by atoms with Crippen molar-refractivity contribution in [3.05, 3.63) is 18.6 Å². The molecule has 178 valence electrons. The van der Waals surface area contributed by atoms with Gasteiger partial charge in [-0.15, -0.1) is 5.10 Å². The summed E-state index contributed by atoms with van der Waals surface area (Å²) in [6, 6.07) is 0.122. The molecule has 0 aliphatic carbocycles. The number of fused-ring (bicyclic) bond motifs is 1. The van der Waals surface area contributed by atoms with Gasteiger partial charge in [-0.1, -0.05) is 6.92 Å². The van der Waals surface area contributed by atoms with E-state index in [1.165, 1.54) is 0 Å². The molecule has 33 heavy (non-hydrogen) atoms. The molecule has 0 spiro atoms. The van der Waals surface area contributed by atoms with E-state index < -0.39 is 5.60 Å². The number of H-pyrrole nitrogens is 1. The van der Waals surface area contributed by atoms with Crippen LogP contribution >= 0.6 is 0 Å². The monoisotopic (exact) mass is 456 g/mol. The number of amides is 1. The number of carbonyl (C=O) groups is 1. The van der Waals surface area contributed by atoms with Crippen LogP contribution in [-0.2, 0) is 4.74 Å². The average molecular weight is 457 g/mol. The highest BCUT2D eigenvalue weighted by atomic mass is 16.6. The number of carbonyl (C=O) groups excluding carboxylic acids is 1. The van der Waals surface area contributed by atoms with E-state index in [1.54, 1.807) is 28.0 Å². The summed E-state index contributed by atoms with van der Waals surface area (Å²) in [5.74, 6) is 1.21. The lowest BCUT2D eigenvalue weighted by atomic mass is 9.94. The average Bonchev–Trinajstić information content (AvgIpc) is 3.38. The summed E-state index contributed by atoms with van der Waals surface area (Å²) in [6.07, 6.45) is 5.55. The van der Waals surface area contributed by atoms with Gasteiger partial charge >= 0.3 is 6.09 Å². The Kier molecular flexibility index (Phi) is 6.13. The Morgan fingerprint density at radius 1 is 1.30 bits per heavy atom. The van der Waals surface area contributed by atoms with Gasteiger partial charge < -0.3 is 19.7 Å². The van der Waals surface area contributed by atoms with Gasteiger partial charge in [0.25, 0.3) is 0 Å². The third-order valence-corrected chi connectivity index (χ3v) is 5.33. The van der Waals surface area contributed by atoms with E-state index in [2.05, 4.69) is 37.5 Å². The van der Waals surface area contributed by atoms with Crippen molar-refractivity contribution >= 4 is 17.7 Å². The molecule has 0 saturated carbocycles. The summed E-state index contributed by atoms with van der Waals surface area (Å²) in [7, 11) is 0. The number of anilines is 1. The number of aromatic amines is 1. The molecule has 3 aromatic heterocycles. The summed E-state index contributed by atoms with van der Waals surface area (Å²) >= 11 is 0. The Labute approximate surface area is 192 Å². The number of likely N-dealkylation sites (tertiary alicyclic amines) is 1. The molecule has 4 heterocycles. The second-order valence-corrected chi connectivity index (χ2v) is 9.71. The van der Waals surface area contributed by atoms with Crippen LogP contribution in [0.1, 0.15) is 48.0 Å². The molecular formula is C22H32N8O3. The summed E-state index contributed by atoms with van der Waals surface area (Å²) in [5.41, 5.74) is 1.52. The highest BCUT2D eigenvalue weighted by molar-refractivity contribution is 5.68. The molecule has 1 fully saturated rings. The van der Waals surface area contributed by atoms with Gasteiger partial charge in [-0.25, -0.2) is 9.78 Å². The van der Waals surface area contributed by atoms with E-state index in [9.17, 15) is 4.79 Å². The number of hydrogen-bond donors (Lipinski definition) is 2. The van der Waals surface area contributed by atoms with Crippen molar-refractivity contribution in [2.45, 2.75) is 65.7 Å². The van der Waals surface area contributed by atoms with Gasteiger partial charge in [0.2, 0.25) is 11.8 Å². The highest BCUT2D eigenvalue weighted by Crippen LogP contribution is 2.29. The minimum Gasteiger partial charge on any atom is -0.473 e. The van der Waals surface area contributed by atoms with Crippen molar-refractivity contribution < 1.29 is 14.3 Å². The normalized spacial score (nSPS) is 19.2. The fourth-order valence-corrected chi connectivity index (χ4v) is 3.82. The van der Waals surface area contributed by atoms with Crippen molar-refractivity contribution in [2.75, 3.05) is 18.4 Å². The van der Waals surface area contributed by atoms with Crippen molar-refractivity contribution in [3.63, 3.8) is 0 Å². The molecule has 3 aromatic rings. The lowest BCUT2D eigenvalue weighted by molar-refractivity contribution is 0.0164. The van der Waals surface area contributed by atoms with E-state index >= 15 is 0 Å². The molecule has 11 heteroatoms. The van der Waals surface area contributed by atoms with Gasteiger partial charge in [-0.3, -0.25) is 5.10 Å². The van der Waals surface area contributed by atoms with E-state index in [0.717, 1.165) is 12.0 Å². The van der Waals surface area contributed by atoms with E-state index in [0.29, 0.717) is 36.3 Å². The molecular weight excluding hydrogens is 424 g/mol. The lowest BCUT2D eigenvalue weighted by Gasteiger charge is -2.37. The number of rotatable bonds is 5. The Balaban J connectivity index is 1.52. The van der Waals surface area contributed by atoms with Gasteiger partial charge in [0.1, 0.15) is 11.3 Å². The lowest BCUT2D eigenvalue weighted by Crippen LogP contribution is -2.49. The fraction of sp³-hybridized carbons (Fsp3) is 0.591. The van der Waals surface area contributed by atoms with Crippen LogP contribution in [0.4, 0.5) is 10.7 Å². The molecule has 2 atom stereocenters. The van der Waals surface area contributed by atoms with Crippen LogP contribution in [0.15, 0.2) is 18.6 Å². The predicted octanol–water partition coefficient (Wildman–Crippen LogP) is 3.36. The Morgan fingerprint density at radius 3 is 2.73 bits per heavy atom. The maximum atomic E-state index is 12.4. The standard InChI is InChI=1S/C22H32N8O3/c1-13(2)32-19-18(15-9-24-25-10-15)23-11-17-27-20(28-30(17)19)26-16-7-8-29(12-14(16)3)21(31)33-22(4,5)6/h9-11,13-14,16H,7-8,12H2,1-6H3,(H,24,25)(H,26,28). The summed E-state index contributed by atoms with van der Waals surface area (Å²) in [4.78, 5) is 23.3. The Bertz CT molecular complexity index is 1100. The fourth-order valence-electron chi connectivity index (χ4n) is 3.82. The first-order valence-electron chi connectivity index (χ1n) is 11.3. The summed E-state index contributed by atoms with van der Waals surface area (Å²) < 4.78 is 13.2. The zero-order valence-corrected chi connectivity index (χ0v) is 20.0. The minimum absolute atomic E-state index is 0.0686. The van der Waals surface area contributed by atoms with Gasteiger partial charge in [0.15, 0.2) is 5.65 Å². The maximum absolute atomic E-state index is 12.4. The summed E-state index contributed by atoms with van der Waals surface area (Å²) in [5, 5.41) is 14.9. The molecule has 11 nitrogen and oxygen atoms in total. The zero-order chi connectivity index (χ0) is 23.8. The van der Waals surface area contributed by atoms with Gasteiger partial charge in [-0.05, 0) is 47.0 Å². The van der Waals surface area contributed by atoms with E-state index in [-0.39, 0.29) is 24.2 Å². The van der Waals surface area contributed by atoms with E-state index in [1.807, 2.05) is 34.6 Å². The minimum atomic E-state index is -0.505. The van der Waals surface area contributed by atoms with Crippen LogP contribution in [0, 0.1) is 5.92 Å². The largest absolute Gasteiger partial charge is 0.473 e. The first-order valence-corrected chi connectivity index (χ1v) is 11.3. The number of ether oxygens (including phenoxy) is 2. The smallest absolute Gasteiger partial charge is 0.410 e. The molecule has 1 aliphatic rings. The molecule has 0 aromatic carbocycles. The number of hydrogen-bond acceptors (Lipinski definition) is 8. The SMILES string of the molecule is CC(C)Oc1c(-c2cn[nH]c2)ncc2nc(NC3CCN(C(=O)OC(C)(C)C)CC3C)nn12.